The lowest BCUT2D eigenvalue weighted by atomic mass is 10.4. The SMILES string of the molecule is O=C1NC(CI)CO1. The number of amides is 1. The highest BCUT2D eigenvalue weighted by Crippen LogP contribution is 1.99. The zero-order chi connectivity index (χ0) is 5.98. The van der Waals surface area contributed by atoms with Crippen molar-refractivity contribution in [1.82, 2.24) is 5.32 Å². The molecule has 0 radical (unpaired) electrons. The number of hydrogen-bond acceptors (Lipinski definition) is 2. The Morgan fingerprint density at radius 1 is 2.00 bits per heavy atom. The molecule has 0 aliphatic carbocycles. The molecule has 0 saturated carbocycles. The van der Waals surface area contributed by atoms with Crippen LogP contribution in [0.4, 0.5) is 4.79 Å². The van der Waals surface area contributed by atoms with Crippen LogP contribution in [0.15, 0.2) is 0 Å². The van der Waals surface area contributed by atoms with Crippen molar-refractivity contribution in [2.24, 2.45) is 0 Å². The fraction of sp³-hybridized carbons (Fsp3) is 0.750. The van der Waals surface area contributed by atoms with Crippen LogP contribution >= 0.6 is 22.6 Å². The standard InChI is InChI=1S/C4H6INO2/c5-1-3-2-8-4(7)6-3/h3H,1-2H2,(H,6,7). The molecule has 1 amide bonds. The lowest BCUT2D eigenvalue weighted by molar-refractivity contribution is 0.177. The van der Waals surface area contributed by atoms with Gasteiger partial charge >= 0.3 is 6.09 Å². The van der Waals surface area contributed by atoms with Crippen molar-refractivity contribution >= 4 is 28.7 Å². The Labute approximate surface area is 60.9 Å². The fourth-order valence-corrected chi connectivity index (χ4v) is 0.984. The van der Waals surface area contributed by atoms with E-state index in [0.29, 0.717) is 6.61 Å². The molecule has 1 rings (SSSR count). The zero-order valence-electron chi connectivity index (χ0n) is 4.19. The van der Waals surface area contributed by atoms with Crippen molar-refractivity contribution in [3.8, 4) is 0 Å². The maximum atomic E-state index is 10.3. The predicted octanol–water partition coefficient (Wildman–Crippen LogP) is 0.530. The molecule has 0 spiro atoms. The van der Waals surface area contributed by atoms with Crippen LogP contribution in [0.5, 0.6) is 0 Å². The Morgan fingerprint density at radius 3 is 3.00 bits per heavy atom. The third-order valence-corrected chi connectivity index (χ3v) is 1.99. The minimum atomic E-state index is -0.285. The molecule has 0 bridgehead atoms. The minimum Gasteiger partial charge on any atom is -0.447 e. The number of nitrogens with one attached hydrogen (secondary N) is 1. The third kappa shape index (κ3) is 1.24. The third-order valence-electron chi connectivity index (χ3n) is 0.924. The molecule has 46 valence electrons. The molecule has 1 aliphatic rings. The molecule has 8 heavy (non-hydrogen) atoms. The van der Waals surface area contributed by atoms with Crippen molar-refractivity contribution in [2.75, 3.05) is 11.0 Å². The van der Waals surface area contributed by atoms with Gasteiger partial charge in [0.25, 0.3) is 0 Å². The van der Waals surface area contributed by atoms with E-state index in [0.717, 1.165) is 4.43 Å². The van der Waals surface area contributed by atoms with Crippen molar-refractivity contribution in [3.05, 3.63) is 0 Å². The number of halogens is 1. The molecule has 0 aromatic carbocycles. The first-order valence-corrected chi connectivity index (χ1v) is 3.84. The number of rotatable bonds is 1. The van der Waals surface area contributed by atoms with Gasteiger partial charge in [-0.3, -0.25) is 0 Å². The molecule has 1 atom stereocenters. The van der Waals surface area contributed by atoms with Crippen LogP contribution in [0, 0.1) is 0 Å². The summed E-state index contributed by atoms with van der Waals surface area (Å²) >= 11 is 2.20. The fourth-order valence-electron chi connectivity index (χ4n) is 0.509. The van der Waals surface area contributed by atoms with Crippen LogP contribution in [0.2, 0.25) is 0 Å². The van der Waals surface area contributed by atoms with Gasteiger partial charge in [0.1, 0.15) is 6.61 Å². The summed E-state index contributed by atoms with van der Waals surface area (Å²) in [5.41, 5.74) is 0. The second kappa shape index (κ2) is 2.52. The number of carbonyl (C=O) groups is 1. The second-order valence-corrected chi connectivity index (χ2v) is 2.47. The second-order valence-electron chi connectivity index (χ2n) is 1.59. The van der Waals surface area contributed by atoms with Crippen LogP contribution in [0.1, 0.15) is 0 Å². The van der Waals surface area contributed by atoms with Gasteiger partial charge in [-0.25, -0.2) is 4.79 Å². The molecule has 3 nitrogen and oxygen atoms in total. The van der Waals surface area contributed by atoms with Crippen LogP contribution < -0.4 is 5.32 Å². The van der Waals surface area contributed by atoms with Gasteiger partial charge in [0.2, 0.25) is 0 Å². The molecular formula is C4H6INO2. The highest BCUT2D eigenvalue weighted by molar-refractivity contribution is 14.1. The number of carbonyl (C=O) groups excluding carboxylic acids is 1. The molecule has 1 saturated heterocycles. The van der Waals surface area contributed by atoms with Gasteiger partial charge in [-0.1, -0.05) is 22.6 Å². The van der Waals surface area contributed by atoms with Gasteiger partial charge in [0.15, 0.2) is 0 Å². The summed E-state index contributed by atoms with van der Waals surface area (Å²) in [6.45, 7) is 0.530. The van der Waals surface area contributed by atoms with Gasteiger partial charge in [-0.15, -0.1) is 0 Å². The first-order chi connectivity index (χ1) is 3.83. The van der Waals surface area contributed by atoms with Crippen LogP contribution in [0.3, 0.4) is 0 Å². The molecule has 4 heteroatoms. The summed E-state index contributed by atoms with van der Waals surface area (Å²) in [7, 11) is 0. The molecule has 1 heterocycles. The first-order valence-electron chi connectivity index (χ1n) is 2.32. The number of cyclic esters (lactones) is 1. The van der Waals surface area contributed by atoms with Crippen LogP contribution in [-0.2, 0) is 4.74 Å². The lowest BCUT2D eigenvalue weighted by Crippen LogP contribution is -2.26. The Bertz CT molecular complexity index is 106. The summed E-state index contributed by atoms with van der Waals surface area (Å²) in [5.74, 6) is 0. The monoisotopic (exact) mass is 227 g/mol. The largest absolute Gasteiger partial charge is 0.447 e. The van der Waals surface area contributed by atoms with Crippen molar-refractivity contribution in [1.29, 1.82) is 0 Å². The topological polar surface area (TPSA) is 38.3 Å². The molecule has 1 aliphatic heterocycles. The zero-order valence-corrected chi connectivity index (χ0v) is 6.34. The van der Waals surface area contributed by atoms with Crippen LogP contribution in [-0.4, -0.2) is 23.2 Å². The molecule has 1 N–H and O–H groups in total. The Kier molecular flexibility index (Phi) is 1.93. The highest BCUT2D eigenvalue weighted by Gasteiger charge is 2.19. The van der Waals surface area contributed by atoms with Gasteiger partial charge in [-0.2, -0.15) is 0 Å². The van der Waals surface area contributed by atoms with E-state index in [-0.39, 0.29) is 12.1 Å². The maximum absolute atomic E-state index is 10.3. The van der Waals surface area contributed by atoms with Crippen molar-refractivity contribution in [2.45, 2.75) is 6.04 Å². The quantitative estimate of drug-likeness (QED) is 0.524. The van der Waals surface area contributed by atoms with E-state index in [1.165, 1.54) is 0 Å². The molecule has 1 unspecified atom stereocenters. The maximum Gasteiger partial charge on any atom is 0.407 e. The van der Waals surface area contributed by atoms with E-state index < -0.39 is 0 Å². The van der Waals surface area contributed by atoms with Crippen molar-refractivity contribution in [3.63, 3.8) is 0 Å². The molecule has 1 fully saturated rings. The Hall–Kier alpha value is -0.0000000000000000555. The van der Waals surface area contributed by atoms with Gasteiger partial charge in [0.05, 0.1) is 6.04 Å². The van der Waals surface area contributed by atoms with Crippen LogP contribution in [0.25, 0.3) is 0 Å². The van der Waals surface area contributed by atoms with E-state index in [4.69, 9.17) is 0 Å². The summed E-state index contributed by atoms with van der Waals surface area (Å²) in [5, 5.41) is 2.63. The summed E-state index contributed by atoms with van der Waals surface area (Å²) in [6, 6.07) is 0.239. The first kappa shape index (κ1) is 6.12. The van der Waals surface area contributed by atoms with E-state index in [1.54, 1.807) is 0 Å². The Morgan fingerprint density at radius 2 is 2.75 bits per heavy atom. The lowest BCUT2D eigenvalue weighted by Gasteiger charge is -1.96. The number of alkyl halides is 1. The number of hydrogen-bond donors (Lipinski definition) is 1. The summed E-state index contributed by atoms with van der Waals surface area (Å²) < 4.78 is 5.52. The highest BCUT2D eigenvalue weighted by atomic mass is 127. The number of ether oxygens (including phenoxy) is 1. The van der Waals surface area contributed by atoms with Gasteiger partial charge < -0.3 is 10.1 Å². The van der Waals surface area contributed by atoms with E-state index in [9.17, 15) is 4.79 Å². The van der Waals surface area contributed by atoms with E-state index >= 15 is 0 Å². The summed E-state index contributed by atoms with van der Waals surface area (Å²) in [4.78, 5) is 10.3. The summed E-state index contributed by atoms with van der Waals surface area (Å²) in [6.07, 6.45) is -0.285. The average Bonchev–Trinajstić information content (AvgIpc) is 2.14. The van der Waals surface area contributed by atoms with E-state index in [2.05, 4.69) is 32.6 Å². The van der Waals surface area contributed by atoms with Gasteiger partial charge in [0, 0.05) is 4.43 Å². The Balaban J connectivity index is 2.32. The molecule has 0 aromatic heterocycles. The van der Waals surface area contributed by atoms with E-state index in [1.807, 2.05) is 0 Å². The van der Waals surface area contributed by atoms with Gasteiger partial charge in [-0.05, 0) is 0 Å². The smallest absolute Gasteiger partial charge is 0.407 e. The normalized spacial score (nSPS) is 27.1. The molecular weight excluding hydrogens is 221 g/mol. The predicted molar refractivity (Wildman–Crippen MR) is 37.2 cm³/mol. The van der Waals surface area contributed by atoms with Crippen molar-refractivity contribution < 1.29 is 9.53 Å². The minimum absolute atomic E-state index is 0.239. The molecule has 0 aromatic rings. The average molecular weight is 227 g/mol. The number of alkyl carbamates (subject to hydrolysis) is 1.